The van der Waals surface area contributed by atoms with Gasteiger partial charge in [0.05, 0.1) is 5.54 Å². The van der Waals surface area contributed by atoms with E-state index in [-0.39, 0.29) is 18.4 Å². The number of aryl methyl sites for hydroxylation is 1. The Bertz CT molecular complexity index is 1130. The van der Waals surface area contributed by atoms with Gasteiger partial charge in [0.2, 0.25) is 11.8 Å². The van der Waals surface area contributed by atoms with Gasteiger partial charge in [-0.05, 0) is 38.0 Å². The van der Waals surface area contributed by atoms with E-state index in [2.05, 4.69) is 17.1 Å². The second kappa shape index (κ2) is 6.21. The number of nitrogens with one attached hydrogen (secondary N) is 1. The van der Waals surface area contributed by atoms with E-state index in [1.54, 1.807) is 9.80 Å². The molecule has 148 valence electrons. The van der Waals surface area contributed by atoms with E-state index >= 15 is 0 Å². The highest BCUT2D eigenvalue weighted by molar-refractivity contribution is 5.97. The number of carbonyl (C=O) groups excluding carboxylic acids is 2. The van der Waals surface area contributed by atoms with Crippen molar-refractivity contribution < 1.29 is 9.59 Å². The fourth-order valence-corrected chi connectivity index (χ4v) is 4.99. The molecule has 1 N–H and O–H groups in total. The van der Waals surface area contributed by atoms with Crippen LogP contribution in [-0.4, -0.2) is 39.2 Å². The third-order valence-electron chi connectivity index (χ3n) is 6.42. The van der Waals surface area contributed by atoms with Gasteiger partial charge in [-0.3, -0.25) is 9.59 Å². The molecule has 5 heteroatoms. The van der Waals surface area contributed by atoms with Crippen LogP contribution in [0.2, 0.25) is 0 Å². The topological polar surface area (TPSA) is 56.4 Å². The highest BCUT2D eigenvalue weighted by Gasteiger charge is 2.51. The molecule has 29 heavy (non-hydrogen) atoms. The molecule has 0 aliphatic carbocycles. The van der Waals surface area contributed by atoms with Crippen molar-refractivity contribution >= 4 is 22.7 Å². The maximum atomic E-state index is 13.5. The van der Waals surface area contributed by atoms with Gasteiger partial charge < -0.3 is 14.8 Å². The second-order valence-corrected chi connectivity index (χ2v) is 8.75. The minimum Gasteiger partial charge on any atom is -0.356 e. The van der Waals surface area contributed by atoms with Crippen LogP contribution in [0.25, 0.3) is 10.9 Å². The van der Waals surface area contributed by atoms with Crippen molar-refractivity contribution in [3.8, 4) is 0 Å². The molecule has 1 atom stereocenters. The van der Waals surface area contributed by atoms with Crippen molar-refractivity contribution in [2.75, 3.05) is 6.54 Å². The number of hydrogen-bond acceptors (Lipinski definition) is 2. The number of H-pyrrole nitrogens is 1. The van der Waals surface area contributed by atoms with E-state index in [0.29, 0.717) is 13.0 Å². The lowest BCUT2D eigenvalue weighted by Crippen LogP contribution is -2.66. The standard InChI is InChI=1S/C24H25N3O2/c1-15-8-10-16(11-9-15)13-26-14-21(28)27-20(23(26)29)12-18-17-6-4-5-7-19(17)25-22(18)24(27,2)3/h4-11,20,25H,12-14H2,1-3H3. The molecular formula is C24H25N3O2. The Labute approximate surface area is 170 Å². The Morgan fingerprint density at radius 3 is 2.55 bits per heavy atom. The Morgan fingerprint density at radius 1 is 1.07 bits per heavy atom. The van der Waals surface area contributed by atoms with Gasteiger partial charge in [-0.25, -0.2) is 0 Å². The van der Waals surface area contributed by atoms with Crippen LogP contribution >= 0.6 is 0 Å². The van der Waals surface area contributed by atoms with Crippen molar-refractivity contribution in [1.82, 2.24) is 14.8 Å². The van der Waals surface area contributed by atoms with Crippen LogP contribution in [0.5, 0.6) is 0 Å². The maximum Gasteiger partial charge on any atom is 0.246 e. The van der Waals surface area contributed by atoms with Gasteiger partial charge in [-0.15, -0.1) is 0 Å². The molecular weight excluding hydrogens is 362 g/mol. The van der Waals surface area contributed by atoms with Crippen molar-refractivity contribution in [2.45, 2.75) is 45.3 Å². The zero-order valence-electron chi connectivity index (χ0n) is 17.0. The molecule has 0 saturated carbocycles. The molecule has 2 aromatic carbocycles. The van der Waals surface area contributed by atoms with Gasteiger partial charge >= 0.3 is 0 Å². The number of aromatic amines is 1. The number of nitrogens with zero attached hydrogens (tertiary/aromatic N) is 2. The fraction of sp³-hybridized carbons (Fsp3) is 0.333. The lowest BCUT2D eigenvalue weighted by atomic mass is 9.82. The summed E-state index contributed by atoms with van der Waals surface area (Å²) >= 11 is 0. The summed E-state index contributed by atoms with van der Waals surface area (Å²) < 4.78 is 0. The number of rotatable bonds is 2. The smallest absolute Gasteiger partial charge is 0.246 e. The first-order valence-corrected chi connectivity index (χ1v) is 10.1. The molecule has 3 heterocycles. The highest BCUT2D eigenvalue weighted by atomic mass is 16.2. The first-order valence-electron chi connectivity index (χ1n) is 10.1. The number of piperazine rings is 1. The second-order valence-electron chi connectivity index (χ2n) is 8.75. The lowest BCUT2D eigenvalue weighted by molar-refractivity contribution is -0.164. The average molecular weight is 387 g/mol. The first-order chi connectivity index (χ1) is 13.9. The predicted molar refractivity (Wildman–Crippen MR) is 112 cm³/mol. The lowest BCUT2D eigenvalue weighted by Gasteiger charge is -2.51. The number of aromatic nitrogens is 1. The molecule has 1 saturated heterocycles. The molecule has 0 spiro atoms. The fourth-order valence-electron chi connectivity index (χ4n) is 4.99. The Hall–Kier alpha value is -3.08. The van der Waals surface area contributed by atoms with E-state index in [4.69, 9.17) is 0 Å². The van der Waals surface area contributed by atoms with Crippen LogP contribution in [0.4, 0.5) is 0 Å². The van der Waals surface area contributed by atoms with E-state index in [1.807, 2.05) is 57.2 Å². The third-order valence-corrected chi connectivity index (χ3v) is 6.42. The number of fused-ring (bicyclic) bond motifs is 4. The quantitative estimate of drug-likeness (QED) is 0.732. The minimum absolute atomic E-state index is 0.0102. The minimum atomic E-state index is -0.556. The zero-order valence-corrected chi connectivity index (χ0v) is 17.0. The van der Waals surface area contributed by atoms with Crippen LogP contribution in [0.15, 0.2) is 48.5 Å². The zero-order chi connectivity index (χ0) is 20.3. The van der Waals surface area contributed by atoms with Crippen LogP contribution in [0.1, 0.15) is 36.2 Å². The molecule has 2 aliphatic heterocycles. The summed E-state index contributed by atoms with van der Waals surface area (Å²) in [6, 6.07) is 15.9. The van der Waals surface area contributed by atoms with Gasteiger partial charge in [0.1, 0.15) is 12.6 Å². The number of amides is 2. The van der Waals surface area contributed by atoms with Crippen molar-refractivity contribution in [2.24, 2.45) is 0 Å². The van der Waals surface area contributed by atoms with E-state index in [9.17, 15) is 9.59 Å². The molecule has 1 aromatic heterocycles. The summed E-state index contributed by atoms with van der Waals surface area (Å²) in [4.78, 5) is 33.7. The maximum absolute atomic E-state index is 13.5. The van der Waals surface area contributed by atoms with Crippen molar-refractivity contribution in [3.63, 3.8) is 0 Å². The largest absolute Gasteiger partial charge is 0.356 e. The van der Waals surface area contributed by atoms with Gasteiger partial charge in [-0.1, -0.05) is 48.0 Å². The summed E-state index contributed by atoms with van der Waals surface area (Å²) in [6.45, 7) is 6.71. The van der Waals surface area contributed by atoms with Crippen molar-refractivity contribution in [1.29, 1.82) is 0 Å². The summed E-state index contributed by atoms with van der Waals surface area (Å²) in [5.74, 6) is 0.0465. The summed E-state index contributed by atoms with van der Waals surface area (Å²) in [5.41, 5.74) is 4.94. The highest BCUT2D eigenvalue weighted by Crippen LogP contribution is 2.42. The van der Waals surface area contributed by atoms with Gasteiger partial charge in [0, 0.05) is 29.6 Å². The van der Waals surface area contributed by atoms with Crippen LogP contribution in [-0.2, 0) is 28.1 Å². The van der Waals surface area contributed by atoms with Gasteiger partial charge in [0.15, 0.2) is 0 Å². The van der Waals surface area contributed by atoms with E-state index < -0.39 is 11.6 Å². The Morgan fingerprint density at radius 2 is 1.79 bits per heavy atom. The molecule has 1 fully saturated rings. The molecule has 0 radical (unpaired) electrons. The SMILES string of the molecule is Cc1ccc(CN2CC(=O)N3C(Cc4c([nH]c5ccccc45)C3(C)C)C2=O)cc1. The van der Waals surface area contributed by atoms with Gasteiger partial charge in [0.25, 0.3) is 0 Å². The van der Waals surface area contributed by atoms with Crippen LogP contribution in [0.3, 0.4) is 0 Å². The number of hydrogen-bond donors (Lipinski definition) is 1. The molecule has 2 aliphatic rings. The predicted octanol–water partition coefficient (Wildman–Crippen LogP) is 3.51. The first kappa shape index (κ1) is 18.0. The number of carbonyl (C=O) groups is 2. The molecule has 1 unspecified atom stereocenters. The Kier molecular flexibility index (Phi) is 3.85. The van der Waals surface area contributed by atoms with E-state index in [0.717, 1.165) is 27.7 Å². The monoisotopic (exact) mass is 387 g/mol. The molecule has 2 amide bonds. The summed E-state index contributed by atoms with van der Waals surface area (Å²) in [7, 11) is 0. The molecule has 5 rings (SSSR count). The normalized spacial score (nSPS) is 20.7. The summed E-state index contributed by atoms with van der Waals surface area (Å²) in [6.07, 6.45) is 0.553. The number of benzene rings is 2. The van der Waals surface area contributed by atoms with Crippen LogP contribution in [0, 0.1) is 6.92 Å². The Balaban J connectivity index is 1.53. The van der Waals surface area contributed by atoms with Crippen molar-refractivity contribution in [3.05, 3.63) is 70.9 Å². The molecule has 3 aromatic rings. The van der Waals surface area contributed by atoms with Gasteiger partial charge in [-0.2, -0.15) is 0 Å². The summed E-state index contributed by atoms with van der Waals surface area (Å²) in [5, 5.41) is 1.14. The number of para-hydroxylation sites is 1. The third kappa shape index (κ3) is 2.68. The molecule has 0 bridgehead atoms. The average Bonchev–Trinajstić information content (AvgIpc) is 3.07. The van der Waals surface area contributed by atoms with E-state index in [1.165, 1.54) is 5.56 Å². The molecule has 5 nitrogen and oxygen atoms in total. The van der Waals surface area contributed by atoms with Crippen LogP contribution < -0.4 is 0 Å².